The SMILES string of the molecule is COC(=O)C1=CN(c2cc(Cl)c(OC)cc2OC)c2ccccc2S1(=O)=O. The number of esters is 1. The minimum Gasteiger partial charge on any atom is -0.495 e. The van der Waals surface area contributed by atoms with E-state index in [4.69, 9.17) is 21.1 Å². The second-order valence-corrected chi connectivity index (χ2v) is 7.78. The molecule has 1 aliphatic rings. The van der Waals surface area contributed by atoms with Crippen molar-refractivity contribution in [2.45, 2.75) is 4.90 Å². The van der Waals surface area contributed by atoms with Gasteiger partial charge in [-0.2, -0.15) is 0 Å². The van der Waals surface area contributed by atoms with Crippen LogP contribution in [0.4, 0.5) is 11.4 Å². The summed E-state index contributed by atoms with van der Waals surface area (Å²) >= 11 is 6.25. The number of carbonyl (C=O) groups excluding carboxylic acids is 1. The van der Waals surface area contributed by atoms with Gasteiger partial charge < -0.3 is 19.1 Å². The number of halogens is 1. The molecule has 0 spiro atoms. The van der Waals surface area contributed by atoms with Crippen LogP contribution in [0.1, 0.15) is 0 Å². The zero-order chi connectivity index (χ0) is 19.8. The number of nitrogens with zero attached hydrogens (tertiary/aromatic N) is 1. The zero-order valence-corrected chi connectivity index (χ0v) is 16.3. The third-order valence-corrected chi connectivity index (χ3v) is 6.12. The molecule has 3 rings (SSSR count). The topological polar surface area (TPSA) is 82.1 Å². The largest absolute Gasteiger partial charge is 0.495 e. The van der Waals surface area contributed by atoms with E-state index in [2.05, 4.69) is 4.74 Å². The van der Waals surface area contributed by atoms with Gasteiger partial charge in [0.05, 0.1) is 42.6 Å². The zero-order valence-electron chi connectivity index (χ0n) is 14.7. The molecular weight excluding hydrogens is 394 g/mol. The van der Waals surface area contributed by atoms with Crippen LogP contribution in [-0.2, 0) is 19.4 Å². The van der Waals surface area contributed by atoms with Crippen LogP contribution < -0.4 is 14.4 Å². The summed E-state index contributed by atoms with van der Waals surface area (Å²) in [4.78, 5) is 13.1. The highest BCUT2D eigenvalue weighted by molar-refractivity contribution is 7.96. The Morgan fingerprint density at radius 3 is 2.30 bits per heavy atom. The van der Waals surface area contributed by atoms with Crippen molar-refractivity contribution in [2.75, 3.05) is 26.2 Å². The van der Waals surface area contributed by atoms with Crippen LogP contribution in [0.2, 0.25) is 5.02 Å². The number of methoxy groups -OCH3 is 3. The maximum Gasteiger partial charge on any atom is 0.351 e. The summed E-state index contributed by atoms with van der Waals surface area (Å²) in [6.45, 7) is 0. The van der Waals surface area contributed by atoms with E-state index in [1.807, 2.05) is 0 Å². The first kappa shape index (κ1) is 19.1. The fourth-order valence-corrected chi connectivity index (χ4v) is 4.47. The van der Waals surface area contributed by atoms with E-state index in [-0.39, 0.29) is 4.90 Å². The number of benzene rings is 2. The molecule has 0 aliphatic carbocycles. The van der Waals surface area contributed by atoms with Crippen LogP contribution in [0.15, 0.2) is 52.4 Å². The highest BCUT2D eigenvalue weighted by Crippen LogP contribution is 2.45. The van der Waals surface area contributed by atoms with E-state index in [1.54, 1.807) is 30.3 Å². The summed E-state index contributed by atoms with van der Waals surface area (Å²) in [6, 6.07) is 9.46. The predicted molar refractivity (Wildman–Crippen MR) is 100 cm³/mol. The number of fused-ring (bicyclic) bond motifs is 1. The fraction of sp³-hybridized carbons (Fsp3) is 0.167. The van der Waals surface area contributed by atoms with Crippen molar-refractivity contribution >= 4 is 38.8 Å². The van der Waals surface area contributed by atoms with Crippen LogP contribution in [0, 0.1) is 0 Å². The van der Waals surface area contributed by atoms with Crippen molar-refractivity contribution in [3.63, 3.8) is 0 Å². The smallest absolute Gasteiger partial charge is 0.351 e. The monoisotopic (exact) mass is 409 g/mol. The van der Waals surface area contributed by atoms with E-state index in [0.717, 1.165) is 7.11 Å². The van der Waals surface area contributed by atoms with Crippen LogP contribution >= 0.6 is 11.6 Å². The lowest BCUT2D eigenvalue weighted by molar-refractivity contribution is -0.135. The van der Waals surface area contributed by atoms with Gasteiger partial charge in [0.2, 0.25) is 9.84 Å². The molecule has 0 saturated carbocycles. The van der Waals surface area contributed by atoms with E-state index in [1.165, 1.54) is 31.4 Å². The minimum atomic E-state index is -4.03. The van der Waals surface area contributed by atoms with Crippen molar-refractivity contribution in [3.8, 4) is 11.5 Å². The Labute approximate surface area is 161 Å². The lowest BCUT2D eigenvalue weighted by Gasteiger charge is -2.29. The molecule has 7 nitrogen and oxygen atoms in total. The standard InChI is InChI=1S/C18H16ClNO6S/c1-24-14-9-15(25-2)13(8-11(14)19)20-10-17(18(21)26-3)27(22,23)16-7-5-4-6-12(16)20/h4-10H,1-3H3. The number of para-hydroxylation sites is 1. The summed E-state index contributed by atoms with van der Waals surface area (Å²) in [7, 11) is 0.0208. The Hall–Kier alpha value is -2.71. The lowest BCUT2D eigenvalue weighted by atomic mass is 10.2. The highest BCUT2D eigenvalue weighted by Gasteiger charge is 2.37. The molecule has 9 heteroatoms. The third-order valence-electron chi connectivity index (χ3n) is 4.05. The van der Waals surface area contributed by atoms with Crippen LogP contribution in [0.25, 0.3) is 0 Å². The van der Waals surface area contributed by atoms with Crippen molar-refractivity contribution in [3.05, 3.63) is 52.5 Å². The molecule has 1 heterocycles. The number of sulfone groups is 1. The Balaban J connectivity index is 2.32. The number of carbonyl (C=O) groups is 1. The average Bonchev–Trinajstić information content (AvgIpc) is 2.67. The molecule has 0 fully saturated rings. The molecular formula is C18H16ClNO6S. The van der Waals surface area contributed by atoms with Crippen molar-refractivity contribution in [2.24, 2.45) is 0 Å². The summed E-state index contributed by atoms with van der Waals surface area (Å²) < 4.78 is 40.9. The van der Waals surface area contributed by atoms with Gasteiger partial charge in [-0.3, -0.25) is 0 Å². The first-order chi connectivity index (χ1) is 12.8. The van der Waals surface area contributed by atoms with Crippen LogP contribution in [0.5, 0.6) is 11.5 Å². The van der Waals surface area contributed by atoms with E-state index < -0.39 is 20.7 Å². The first-order valence-corrected chi connectivity index (χ1v) is 9.56. The molecule has 0 bridgehead atoms. The van der Waals surface area contributed by atoms with Gasteiger partial charge in [-0.25, -0.2) is 13.2 Å². The molecule has 0 atom stereocenters. The first-order valence-electron chi connectivity index (χ1n) is 7.70. The molecule has 0 unspecified atom stereocenters. The predicted octanol–water partition coefficient (Wildman–Crippen LogP) is 3.30. The van der Waals surface area contributed by atoms with Crippen LogP contribution in [-0.4, -0.2) is 35.7 Å². The van der Waals surface area contributed by atoms with Gasteiger partial charge in [0.15, 0.2) is 4.91 Å². The normalized spacial score (nSPS) is 14.8. The lowest BCUT2D eigenvalue weighted by Crippen LogP contribution is -2.26. The van der Waals surface area contributed by atoms with Crippen molar-refractivity contribution in [1.82, 2.24) is 0 Å². The van der Waals surface area contributed by atoms with Crippen molar-refractivity contribution < 1.29 is 27.4 Å². The average molecular weight is 410 g/mol. The Kier molecular flexibility index (Phi) is 5.03. The van der Waals surface area contributed by atoms with Gasteiger partial charge in [0.25, 0.3) is 0 Å². The van der Waals surface area contributed by atoms with Gasteiger partial charge in [-0.15, -0.1) is 0 Å². The maximum absolute atomic E-state index is 12.8. The molecule has 0 N–H and O–H groups in total. The molecule has 1 aliphatic heterocycles. The molecule has 0 aromatic heterocycles. The molecule has 27 heavy (non-hydrogen) atoms. The fourth-order valence-electron chi connectivity index (χ4n) is 2.75. The third kappa shape index (κ3) is 3.11. The number of hydrogen-bond acceptors (Lipinski definition) is 7. The molecule has 2 aromatic rings. The number of hydrogen-bond donors (Lipinski definition) is 0. The number of anilines is 2. The Morgan fingerprint density at radius 2 is 1.67 bits per heavy atom. The van der Waals surface area contributed by atoms with E-state index in [9.17, 15) is 13.2 Å². The summed E-state index contributed by atoms with van der Waals surface area (Å²) in [5, 5.41) is 0.298. The summed E-state index contributed by atoms with van der Waals surface area (Å²) in [5.41, 5.74) is 0.789. The Bertz CT molecular complexity index is 1050. The summed E-state index contributed by atoms with van der Waals surface area (Å²) in [6.07, 6.45) is 1.20. The molecule has 0 saturated heterocycles. The van der Waals surface area contributed by atoms with Gasteiger partial charge in [-0.1, -0.05) is 23.7 Å². The number of ether oxygens (including phenoxy) is 3. The van der Waals surface area contributed by atoms with Crippen molar-refractivity contribution in [1.29, 1.82) is 0 Å². The highest BCUT2D eigenvalue weighted by atomic mass is 35.5. The van der Waals surface area contributed by atoms with Gasteiger partial charge in [-0.05, 0) is 18.2 Å². The molecule has 0 amide bonds. The minimum absolute atomic E-state index is 0.0260. The Morgan fingerprint density at radius 1 is 1.00 bits per heavy atom. The molecule has 142 valence electrons. The van der Waals surface area contributed by atoms with Crippen LogP contribution in [0.3, 0.4) is 0 Å². The maximum atomic E-state index is 12.8. The number of rotatable bonds is 4. The second-order valence-electron chi connectivity index (χ2n) is 5.48. The van der Waals surface area contributed by atoms with Gasteiger partial charge in [0.1, 0.15) is 11.5 Å². The van der Waals surface area contributed by atoms with E-state index in [0.29, 0.717) is 27.9 Å². The van der Waals surface area contributed by atoms with Gasteiger partial charge in [0, 0.05) is 12.3 Å². The van der Waals surface area contributed by atoms with E-state index >= 15 is 0 Å². The quantitative estimate of drug-likeness (QED) is 0.716. The molecule has 0 radical (unpaired) electrons. The van der Waals surface area contributed by atoms with Gasteiger partial charge >= 0.3 is 5.97 Å². The molecule has 2 aromatic carbocycles. The summed E-state index contributed by atoms with van der Waals surface area (Å²) in [5.74, 6) is -0.189. The second kappa shape index (κ2) is 7.13.